The van der Waals surface area contributed by atoms with Gasteiger partial charge in [0.1, 0.15) is 11.6 Å². The molecule has 0 bridgehead atoms. The van der Waals surface area contributed by atoms with Crippen LogP contribution < -0.4 is 10.1 Å². The molecule has 8 heteroatoms. The molecular weight excluding hydrogens is 349 g/mol. The van der Waals surface area contributed by atoms with Crippen LogP contribution in [0.3, 0.4) is 0 Å². The summed E-state index contributed by atoms with van der Waals surface area (Å²) in [6, 6.07) is 6.20. The Bertz CT molecular complexity index is 756. The molecule has 1 aliphatic rings. The molecule has 146 valence electrons. The van der Waals surface area contributed by atoms with Gasteiger partial charge in [-0.2, -0.15) is 0 Å². The maximum absolute atomic E-state index is 12.9. The first-order chi connectivity index (χ1) is 13.1. The number of hydrogen-bond donors (Lipinski definition) is 1. The third kappa shape index (κ3) is 4.82. The zero-order chi connectivity index (χ0) is 19.2. The third-order valence-electron chi connectivity index (χ3n) is 4.85. The number of hydrogen-bond acceptors (Lipinski definition) is 5. The van der Waals surface area contributed by atoms with Gasteiger partial charge in [0.05, 0.1) is 18.3 Å². The van der Waals surface area contributed by atoms with Gasteiger partial charge in [0, 0.05) is 13.6 Å². The molecule has 1 aromatic heterocycles. The molecule has 1 aliphatic heterocycles. The molecule has 1 N–H and O–H groups in total. The first kappa shape index (κ1) is 19.3. The standard InChI is InChI=1S/C19H26FN5O2/c1-14-18(22-23-25(14)16-8-10-21-11-9-16)19(26)24(2)12-3-13-27-17-6-4-15(20)5-7-17/h4-7,16,21H,3,8-13H2,1-2H3. The molecule has 0 aliphatic carbocycles. The van der Waals surface area contributed by atoms with Crippen molar-refractivity contribution in [3.8, 4) is 5.75 Å². The quantitative estimate of drug-likeness (QED) is 0.751. The average molecular weight is 375 g/mol. The number of piperidine rings is 1. The van der Waals surface area contributed by atoms with Crippen LogP contribution in [-0.2, 0) is 0 Å². The highest BCUT2D eigenvalue weighted by Crippen LogP contribution is 2.20. The minimum absolute atomic E-state index is 0.130. The fourth-order valence-electron chi connectivity index (χ4n) is 3.24. The average Bonchev–Trinajstić information content (AvgIpc) is 3.08. The van der Waals surface area contributed by atoms with Crippen LogP contribution in [0.1, 0.15) is 41.5 Å². The lowest BCUT2D eigenvalue weighted by Gasteiger charge is -2.23. The molecular formula is C19H26FN5O2. The van der Waals surface area contributed by atoms with Gasteiger partial charge in [-0.3, -0.25) is 4.79 Å². The molecule has 1 amide bonds. The van der Waals surface area contributed by atoms with Crippen molar-refractivity contribution in [2.75, 3.05) is 33.3 Å². The first-order valence-electron chi connectivity index (χ1n) is 9.32. The number of nitrogens with zero attached hydrogens (tertiary/aromatic N) is 4. The van der Waals surface area contributed by atoms with Crippen LogP contribution in [-0.4, -0.2) is 59.1 Å². The molecule has 0 radical (unpaired) electrons. The van der Waals surface area contributed by atoms with E-state index in [4.69, 9.17) is 4.74 Å². The lowest BCUT2D eigenvalue weighted by atomic mass is 10.1. The topological polar surface area (TPSA) is 72.3 Å². The predicted molar refractivity (Wildman–Crippen MR) is 99.4 cm³/mol. The summed E-state index contributed by atoms with van der Waals surface area (Å²) in [5.41, 5.74) is 1.23. The van der Waals surface area contributed by atoms with E-state index in [9.17, 15) is 9.18 Å². The van der Waals surface area contributed by atoms with E-state index < -0.39 is 0 Å². The Balaban J connectivity index is 1.49. The molecule has 1 aromatic carbocycles. The van der Waals surface area contributed by atoms with Crippen molar-refractivity contribution in [1.29, 1.82) is 0 Å². The Morgan fingerprint density at radius 1 is 1.33 bits per heavy atom. The molecule has 0 saturated carbocycles. The van der Waals surface area contributed by atoms with Crippen molar-refractivity contribution in [2.24, 2.45) is 0 Å². The number of nitrogens with one attached hydrogen (secondary N) is 1. The normalized spacial score (nSPS) is 14.9. The van der Waals surface area contributed by atoms with Gasteiger partial charge in [-0.05, 0) is 63.5 Å². The predicted octanol–water partition coefficient (Wildman–Crippen LogP) is 2.19. The second-order valence-electron chi connectivity index (χ2n) is 6.83. The molecule has 2 heterocycles. The fourth-order valence-corrected chi connectivity index (χ4v) is 3.24. The number of carbonyl (C=O) groups is 1. The van der Waals surface area contributed by atoms with Gasteiger partial charge in [0.15, 0.2) is 5.69 Å². The summed E-state index contributed by atoms with van der Waals surface area (Å²) in [5.74, 6) is 0.196. The van der Waals surface area contributed by atoms with Crippen molar-refractivity contribution >= 4 is 5.91 Å². The number of halogens is 1. The highest BCUT2D eigenvalue weighted by molar-refractivity contribution is 5.93. The monoisotopic (exact) mass is 375 g/mol. The van der Waals surface area contributed by atoms with Gasteiger partial charge in [-0.25, -0.2) is 9.07 Å². The Kier molecular flexibility index (Phi) is 6.39. The molecule has 7 nitrogen and oxygen atoms in total. The van der Waals surface area contributed by atoms with Gasteiger partial charge in [0.2, 0.25) is 0 Å². The third-order valence-corrected chi connectivity index (χ3v) is 4.85. The molecule has 3 rings (SSSR count). The minimum atomic E-state index is -0.291. The maximum Gasteiger partial charge on any atom is 0.276 e. The molecule has 2 aromatic rings. The lowest BCUT2D eigenvalue weighted by molar-refractivity contribution is 0.0781. The second-order valence-corrected chi connectivity index (χ2v) is 6.83. The van der Waals surface area contributed by atoms with Gasteiger partial charge >= 0.3 is 0 Å². The van der Waals surface area contributed by atoms with E-state index in [-0.39, 0.29) is 11.7 Å². The van der Waals surface area contributed by atoms with Crippen LogP contribution in [0, 0.1) is 12.7 Å². The SMILES string of the molecule is Cc1c(C(=O)N(C)CCCOc2ccc(F)cc2)nnn1C1CCNCC1. The van der Waals surface area contributed by atoms with Gasteiger partial charge < -0.3 is 15.0 Å². The van der Waals surface area contributed by atoms with Gasteiger partial charge in [-0.1, -0.05) is 5.21 Å². The smallest absolute Gasteiger partial charge is 0.276 e. The van der Waals surface area contributed by atoms with Crippen molar-refractivity contribution in [1.82, 2.24) is 25.2 Å². The van der Waals surface area contributed by atoms with E-state index in [1.807, 2.05) is 11.6 Å². The minimum Gasteiger partial charge on any atom is -0.494 e. The summed E-state index contributed by atoms with van der Waals surface area (Å²) < 4.78 is 20.3. The Morgan fingerprint density at radius 3 is 2.74 bits per heavy atom. The largest absolute Gasteiger partial charge is 0.494 e. The van der Waals surface area contributed by atoms with E-state index in [0.717, 1.165) is 31.6 Å². The summed E-state index contributed by atoms with van der Waals surface area (Å²) >= 11 is 0. The number of rotatable bonds is 7. The van der Waals surface area contributed by atoms with E-state index in [2.05, 4.69) is 15.6 Å². The van der Waals surface area contributed by atoms with Gasteiger partial charge in [0.25, 0.3) is 5.91 Å². The first-order valence-corrected chi connectivity index (χ1v) is 9.32. The zero-order valence-electron chi connectivity index (χ0n) is 15.8. The Labute approximate surface area is 158 Å². The summed E-state index contributed by atoms with van der Waals surface area (Å²) in [6.45, 7) is 4.81. The van der Waals surface area contributed by atoms with Crippen LogP contribution in [0.15, 0.2) is 24.3 Å². The second kappa shape index (κ2) is 8.94. The number of aromatic nitrogens is 3. The van der Waals surface area contributed by atoms with E-state index in [1.54, 1.807) is 24.1 Å². The van der Waals surface area contributed by atoms with E-state index in [0.29, 0.717) is 37.1 Å². The number of benzene rings is 1. The van der Waals surface area contributed by atoms with Crippen molar-refractivity contribution in [3.63, 3.8) is 0 Å². The van der Waals surface area contributed by atoms with Crippen LogP contribution in [0.25, 0.3) is 0 Å². The van der Waals surface area contributed by atoms with Crippen LogP contribution in [0.5, 0.6) is 5.75 Å². The Morgan fingerprint density at radius 2 is 2.04 bits per heavy atom. The molecule has 1 fully saturated rings. The zero-order valence-corrected chi connectivity index (χ0v) is 15.8. The molecule has 0 unspecified atom stereocenters. The molecule has 0 spiro atoms. The Hall–Kier alpha value is -2.48. The fraction of sp³-hybridized carbons (Fsp3) is 0.526. The molecule has 27 heavy (non-hydrogen) atoms. The van der Waals surface area contributed by atoms with Crippen LogP contribution >= 0.6 is 0 Å². The van der Waals surface area contributed by atoms with Gasteiger partial charge in [-0.15, -0.1) is 5.10 Å². The number of amides is 1. The summed E-state index contributed by atoms with van der Waals surface area (Å²) in [6.07, 6.45) is 2.66. The van der Waals surface area contributed by atoms with Crippen molar-refractivity contribution < 1.29 is 13.9 Å². The van der Waals surface area contributed by atoms with E-state index >= 15 is 0 Å². The highest BCUT2D eigenvalue weighted by atomic mass is 19.1. The van der Waals surface area contributed by atoms with Crippen LogP contribution in [0.4, 0.5) is 4.39 Å². The highest BCUT2D eigenvalue weighted by Gasteiger charge is 2.24. The summed E-state index contributed by atoms with van der Waals surface area (Å²) in [7, 11) is 1.75. The number of ether oxygens (including phenoxy) is 1. The summed E-state index contributed by atoms with van der Waals surface area (Å²) in [5, 5.41) is 11.7. The molecule has 0 atom stereocenters. The maximum atomic E-state index is 12.9. The van der Waals surface area contributed by atoms with E-state index in [1.165, 1.54) is 12.1 Å². The molecule has 1 saturated heterocycles. The lowest BCUT2D eigenvalue weighted by Crippen LogP contribution is -2.31. The van der Waals surface area contributed by atoms with Crippen LogP contribution in [0.2, 0.25) is 0 Å². The number of carbonyl (C=O) groups excluding carboxylic acids is 1. The van der Waals surface area contributed by atoms with Crippen molar-refractivity contribution in [2.45, 2.75) is 32.2 Å². The van der Waals surface area contributed by atoms with Crippen molar-refractivity contribution in [3.05, 3.63) is 41.5 Å². The summed E-state index contributed by atoms with van der Waals surface area (Å²) in [4.78, 5) is 14.3.